The largest absolute Gasteiger partial charge is 0.540 e. The molecule has 1 aromatic carbocycles. The number of nitrogens with one attached hydrogen (secondary N) is 1. The number of hydrogen-bond acceptors (Lipinski definition) is 5. The maximum Gasteiger partial charge on any atom is 0.271 e. The van der Waals surface area contributed by atoms with E-state index in [2.05, 4.69) is 5.32 Å². The molecule has 0 radical (unpaired) electrons. The predicted molar refractivity (Wildman–Crippen MR) is 53.2 cm³/mol. The molecule has 6 nitrogen and oxygen atoms in total. The Balaban J connectivity index is 2.96. The molecule has 16 heavy (non-hydrogen) atoms. The fourth-order valence-corrected chi connectivity index (χ4v) is 1.08. The Morgan fingerprint density at radius 2 is 1.94 bits per heavy atom. The zero-order valence-electron chi connectivity index (χ0n) is 8.77. The lowest BCUT2D eigenvalue weighted by Gasteiger charge is -2.11. The van der Waals surface area contributed by atoms with Crippen molar-refractivity contribution in [3.63, 3.8) is 0 Å². The highest BCUT2D eigenvalue weighted by molar-refractivity contribution is 6.35. The molecular weight excluding hydrogens is 214 g/mol. The fourth-order valence-electron chi connectivity index (χ4n) is 1.08. The van der Waals surface area contributed by atoms with Crippen molar-refractivity contribution < 1.29 is 24.2 Å². The Labute approximate surface area is 91.8 Å². The highest BCUT2D eigenvalue weighted by Crippen LogP contribution is 2.28. The van der Waals surface area contributed by atoms with Crippen molar-refractivity contribution in [3.05, 3.63) is 18.2 Å². The zero-order chi connectivity index (χ0) is 12.1. The maximum absolute atomic E-state index is 10.9. The Bertz CT molecular complexity index is 416. The standard InChI is InChI=1S/C10H11NO5/c1-15-6-3-4-7(8(5-6)16-2)11-9(12)10(13)14/h3-5H,1-2H3,(H,11,12)(H,13,14)/p-1. The number of rotatable bonds is 3. The van der Waals surface area contributed by atoms with Crippen molar-refractivity contribution in [1.82, 2.24) is 0 Å². The first-order valence-electron chi connectivity index (χ1n) is 4.33. The Morgan fingerprint density at radius 1 is 1.25 bits per heavy atom. The summed E-state index contributed by atoms with van der Waals surface area (Å²) in [5.74, 6) is -2.21. The van der Waals surface area contributed by atoms with Crippen LogP contribution in [-0.2, 0) is 9.59 Å². The van der Waals surface area contributed by atoms with Gasteiger partial charge in [-0.25, -0.2) is 0 Å². The summed E-state index contributed by atoms with van der Waals surface area (Å²) in [5.41, 5.74) is 0.234. The van der Waals surface area contributed by atoms with Crippen LogP contribution in [0.15, 0.2) is 18.2 Å². The molecule has 1 aromatic rings. The monoisotopic (exact) mass is 224 g/mol. The van der Waals surface area contributed by atoms with E-state index in [-0.39, 0.29) is 5.69 Å². The van der Waals surface area contributed by atoms with Crippen LogP contribution in [0.4, 0.5) is 5.69 Å². The highest BCUT2D eigenvalue weighted by atomic mass is 16.5. The molecule has 0 aliphatic carbocycles. The number of benzene rings is 1. The van der Waals surface area contributed by atoms with Gasteiger partial charge in [-0.3, -0.25) is 4.79 Å². The number of aliphatic carboxylic acids is 1. The molecule has 0 aromatic heterocycles. The first-order valence-corrected chi connectivity index (χ1v) is 4.33. The molecule has 0 saturated heterocycles. The van der Waals surface area contributed by atoms with Crippen LogP contribution in [0.5, 0.6) is 11.5 Å². The molecule has 0 saturated carbocycles. The normalized spacial score (nSPS) is 9.38. The number of carbonyl (C=O) groups excluding carboxylic acids is 2. The van der Waals surface area contributed by atoms with Crippen LogP contribution in [0.3, 0.4) is 0 Å². The molecule has 0 spiro atoms. The quantitative estimate of drug-likeness (QED) is 0.692. The summed E-state index contributed by atoms with van der Waals surface area (Å²) in [5, 5.41) is 12.4. The van der Waals surface area contributed by atoms with E-state index in [9.17, 15) is 14.7 Å². The van der Waals surface area contributed by atoms with Gasteiger partial charge in [0, 0.05) is 6.07 Å². The van der Waals surface area contributed by atoms with Gasteiger partial charge in [0.1, 0.15) is 17.5 Å². The first kappa shape index (κ1) is 11.8. The summed E-state index contributed by atoms with van der Waals surface area (Å²) >= 11 is 0. The molecule has 0 bridgehead atoms. The average molecular weight is 224 g/mol. The van der Waals surface area contributed by atoms with Gasteiger partial charge in [-0.2, -0.15) is 0 Å². The lowest BCUT2D eigenvalue weighted by atomic mass is 10.2. The number of amides is 1. The molecule has 6 heteroatoms. The van der Waals surface area contributed by atoms with Gasteiger partial charge >= 0.3 is 0 Å². The molecule has 0 atom stereocenters. The second-order valence-corrected chi connectivity index (χ2v) is 2.81. The minimum absolute atomic E-state index is 0.234. The Kier molecular flexibility index (Phi) is 3.71. The summed E-state index contributed by atoms with van der Waals surface area (Å²) in [7, 11) is 2.87. The van der Waals surface area contributed by atoms with Crippen molar-refractivity contribution in [2.24, 2.45) is 0 Å². The average Bonchev–Trinajstić information content (AvgIpc) is 2.29. The molecule has 0 heterocycles. The first-order chi connectivity index (χ1) is 7.58. The van der Waals surface area contributed by atoms with Crippen LogP contribution >= 0.6 is 0 Å². The summed E-state index contributed by atoms with van der Waals surface area (Å²) in [6.45, 7) is 0. The maximum atomic E-state index is 10.9. The van der Waals surface area contributed by atoms with Gasteiger partial charge in [0.25, 0.3) is 5.91 Å². The summed E-state index contributed by atoms with van der Waals surface area (Å²) < 4.78 is 9.90. The van der Waals surface area contributed by atoms with Gasteiger partial charge < -0.3 is 24.7 Å². The van der Waals surface area contributed by atoms with Crippen molar-refractivity contribution in [3.8, 4) is 11.5 Å². The van der Waals surface area contributed by atoms with Gasteiger partial charge in [-0.15, -0.1) is 0 Å². The SMILES string of the molecule is COc1ccc(NC(=O)C(=O)[O-])c(OC)c1. The number of ether oxygens (including phenoxy) is 2. The van der Waals surface area contributed by atoms with Crippen LogP contribution in [0, 0.1) is 0 Å². The number of methoxy groups -OCH3 is 2. The molecule has 0 aliphatic heterocycles. The predicted octanol–water partition coefficient (Wildman–Crippen LogP) is -0.608. The van der Waals surface area contributed by atoms with E-state index in [0.29, 0.717) is 11.5 Å². The number of anilines is 1. The lowest BCUT2D eigenvalue weighted by Crippen LogP contribution is -2.36. The molecule has 0 fully saturated rings. The topological polar surface area (TPSA) is 87.7 Å². The van der Waals surface area contributed by atoms with Crippen LogP contribution in [0.1, 0.15) is 0 Å². The van der Waals surface area contributed by atoms with Crippen molar-refractivity contribution in [2.45, 2.75) is 0 Å². The van der Waals surface area contributed by atoms with Gasteiger partial charge in [0.15, 0.2) is 0 Å². The van der Waals surface area contributed by atoms with E-state index in [1.54, 1.807) is 6.07 Å². The van der Waals surface area contributed by atoms with E-state index in [4.69, 9.17) is 9.47 Å². The van der Waals surface area contributed by atoms with E-state index in [1.807, 2.05) is 0 Å². The zero-order valence-corrected chi connectivity index (χ0v) is 8.77. The number of carbonyl (C=O) groups is 2. The minimum atomic E-state index is -1.81. The van der Waals surface area contributed by atoms with Crippen LogP contribution in [-0.4, -0.2) is 26.1 Å². The third-order valence-corrected chi connectivity index (χ3v) is 1.84. The summed E-state index contributed by atoms with van der Waals surface area (Å²) in [6, 6.07) is 4.55. The molecule has 86 valence electrons. The molecule has 0 unspecified atom stereocenters. The van der Waals surface area contributed by atoms with E-state index in [1.165, 1.54) is 26.4 Å². The van der Waals surface area contributed by atoms with Crippen molar-refractivity contribution in [1.29, 1.82) is 0 Å². The number of carboxylic acid groups (broad SMARTS) is 1. The Morgan fingerprint density at radius 3 is 2.44 bits per heavy atom. The third-order valence-electron chi connectivity index (χ3n) is 1.84. The molecule has 1 amide bonds. The minimum Gasteiger partial charge on any atom is -0.540 e. The van der Waals surface area contributed by atoms with Crippen LogP contribution < -0.4 is 19.9 Å². The third kappa shape index (κ3) is 2.63. The molecule has 1 N–H and O–H groups in total. The summed E-state index contributed by atoms with van der Waals surface area (Å²) in [4.78, 5) is 21.1. The molecular formula is C10H10NO5-. The number of carboxylic acids is 1. The second-order valence-electron chi connectivity index (χ2n) is 2.81. The van der Waals surface area contributed by atoms with Crippen molar-refractivity contribution >= 4 is 17.6 Å². The lowest BCUT2D eigenvalue weighted by molar-refractivity contribution is -0.299. The molecule has 0 aliphatic rings. The van der Waals surface area contributed by atoms with Gasteiger partial charge in [-0.1, -0.05) is 0 Å². The van der Waals surface area contributed by atoms with Gasteiger partial charge in [-0.05, 0) is 12.1 Å². The van der Waals surface area contributed by atoms with Gasteiger partial charge in [0.05, 0.1) is 19.9 Å². The van der Waals surface area contributed by atoms with E-state index >= 15 is 0 Å². The van der Waals surface area contributed by atoms with Gasteiger partial charge in [0.2, 0.25) is 0 Å². The second kappa shape index (κ2) is 5.01. The van der Waals surface area contributed by atoms with E-state index < -0.39 is 11.9 Å². The van der Waals surface area contributed by atoms with Crippen molar-refractivity contribution in [2.75, 3.05) is 19.5 Å². The highest BCUT2D eigenvalue weighted by Gasteiger charge is 2.09. The fraction of sp³-hybridized carbons (Fsp3) is 0.200. The molecule has 1 rings (SSSR count). The van der Waals surface area contributed by atoms with E-state index in [0.717, 1.165) is 0 Å². The smallest absolute Gasteiger partial charge is 0.271 e. The summed E-state index contributed by atoms with van der Waals surface area (Å²) in [6.07, 6.45) is 0. The van der Waals surface area contributed by atoms with Crippen LogP contribution in [0.2, 0.25) is 0 Å². The number of hydrogen-bond donors (Lipinski definition) is 1. The van der Waals surface area contributed by atoms with Crippen LogP contribution in [0.25, 0.3) is 0 Å². The Hall–Kier alpha value is -2.24.